The van der Waals surface area contributed by atoms with Crippen LogP contribution < -0.4 is 10.6 Å². The number of nitrogen functional groups attached to an aromatic ring is 1. The maximum Gasteiger partial charge on any atom is 0.405 e. The number of hydrogen-bond donors (Lipinski definition) is 2. The van der Waals surface area contributed by atoms with E-state index in [0.717, 1.165) is 11.0 Å². The molecular formula is C11H12F4N2O2. The Morgan fingerprint density at radius 2 is 2.00 bits per heavy atom. The third-order valence-corrected chi connectivity index (χ3v) is 2.44. The Morgan fingerprint density at radius 1 is 1.42 bits per heavy atom. The van der Waals surface area contributed by atoms with Crippen LogP contribution >= 0.6 is 0 Å². The number of carboxylic acids is 1. The van der Waals surface area contributed by atoms with Crippen molar-refractivity contribution >= 4 is 17.3 Å². The molecule has 8 heteroatoms. The van der Waals surface area contributed by atoms with Gasteiger partial charge in [0, 0.05) is 12.6 Å². The van der Waals surface area contributed by atoms with Gasteiger partial charge in [0.2, 0.25) is 0 Å². The Kier molecular flexibility index (Phi) is 4.23. The molecule has 1 rings (SSSR count). The molecule has 0 fully saturated rings. The highest BCUT2D eigenvalue weighted by Crippen LogP contribution is 2.29. The van der Waals surface area contributed by atoms with Crippen molar-refractivity contribution in [2.75, 3.05) is 23.7 Å². The van der Waals surface area contributed by atoms with Gasteiger partial charge in [-0.25, -0.2) is 9.18 Å². The van der Waals surface area contributed by atoms with Crippen LogP contribution in [-0.4, -0.2) is 30.3 Å². The van der Waals surface area contributed by atoms with Crippen LogP contribution in [0.1, 0.15) is 17.3 Å². The number of hydrogen-bond acceptors (Lipinski definition) is 3. The second-order valence-corrected chi connectivity index (χ2v) is 3.83. The molecular weight excluding hydrogens is 268 g/mol. The first-order valence-electron chi connectivity index (χ1n) is 5.29. The van der Waals surface area contributed by atoms with Gasteiger partial charge in [-0.2, -0.15) is 13.2 Å². The Labute approximate surface area is 106 Å². The number of alkyl halides is 3. The highest BCUT2D eigenvalue weighted by Gasteiger charge is 2.31. The van der Waals surface area contributed by atoms with Crippen LogP contribution in [0, 0.1) is 5.82 Å². The first-order valence-corrected chi connectivity index (χ1v) is 5.29. The molecule has 3 N–H and O–H groups in total. The lowest BCUT2D eigenvalue weighted by Gasteiger charge is -2.26. The molecule has 0 radical (unpaired) electrons. The molecule has 0 aromatic heterocycles. The van der Waals surface area contributed by atoms with E-state index < -0.39 is 30.1 Å². The minimum Gasteiger partial charge on any atom is -0.478 e. The maximum absolute atomic E-state index is 13.5. The quantitative estimate of drug-likeness (QED) is 0.657. The Bertz CT molecular complexity index is 488. The fraction of sp³-hybridized carbons (Fsp3) is 0.364. The summed E-state index contributed by atoms with van der Waals surface area (Å²) in [5.41, 5.74) is 4.41. The first kappa shape index (κ1) is 15.1. The van der Waals surface area contributed by atoms with Gasteiger partial charge in [0.05, 0.1) is 16.9 Å². The van der Waals surface area contributed by atoms with Gasteiger partial charge in [0.1, 0.15) is 12.4 Å². The molecule has 0 aliphatic carbocycles. The van der Waals surface area contributed by atoms with Crippen LogP contribution in [-0.2, 0) is 0 Å². The molecule has 0 saturated carbocycles. The molecule has 0 aliphatic heterocycles. The van der Waals surface area contributed by atoms with Gasteiger partial charge in [-0.3, -0.25) is 0 Å². The van der Waals surface area contributed by atoms with E-state index in [2.05, 4.69) is 0 Å². The maximum atomic E-state index is 13.5. The average Bonchev–Trinajstić information content (AvgIpc) is 2.27. The van der Waals surface area contributed by atoms with E-state index in [0.29, 0.717) is 6.07 Å². The number of halogens is 4. The highest BCUT2D eigenvalue weighted by molar-refractivity contribution is 5.90. The van der Waals surface area contributed by atoms with Crippen LogP contribution in [0.15, 0.2) is 12.1 Å². The number of benzene rings is 1. The van der Waals surface area contributed by atoms with E-state index in [1.807, 2.05) is 0 Å². The lowest BCUT2D eigenvalue weighted by Crippen LogP contribution is -2.34. The van der Waals surface area contributed by atoms with Crippen molar-refractivity contribution in [3.05, 3.63) is 23.5 Å². The number of nitrogens with two attached hydrogens (primary N) is 1. The van der Waals surface area contributed by atoms with Crippen molar-refractivity contribution in [3.63, 3.8) is 0 Å². The third-order valence-electron chi connectivity index (χ3n) is 2.44. The zero-order chi connectivity index (χ0) is 14.8. The van der Waals surface area contributed by atoms with E-state index in [1.54, 1.807) is 0 Å². The Morgan fingerprint density at radius 3 is 2.42 bits per heavy atom. The lowest BCUT2D eigenvalue weighted by atomic mass is 10.1. The number of aromatic carboxylic acids is 1. The predicted octanol–water partition coefficient (Wildman–Crippen LogP) is 2.49. The van der Waals surface area contributed by atoms with Crippen molar-refractivity contribution in [1.29, 1.82) is 0 Å². The van der Waals surface area contributed by atoms with Crippen molar-refractivity contribution < 1.29 is 27.5 Å². The molecule has 0 bridgehead atoms. The normalized spacial score (nSPS) is 11.4. The summed E-state index contributed by atoms with van der Waals surface area (Å²) in [6.07, 6.45) is -4.47. The summed E-state index contributed by atoms with van der Waals surface area (Å²) in [6.45, 7) is 0.114. The van der Waals surface area contributed by atoms with Crippen LogP contribution in [0.25, 0.3) is 0 Å². The van der Waals surface area contributed by atoms with E-state index in [9.17, 15) is 22.4 Å². The van der Waals surface area contributed by atoms with Crippen LogP contribution in [0.4, 0.5) is 28.9 Å². The zero-order valence-corrected chi connectivity index (χ0v) is 9.96. The Hall–Kier alpha value is -1.99. The molecule has 0 spiro atoms. The standard InChI is InChI=1S/C11H12F4N2O2/c1-2-17(5-11(13,14)15)9-4-7(12)6(10(18)19)3-8(9)16/h3-4H,2,5,16H2,1H3,(H,18,19). The van der Waals surface area contributed by atoms with Crippen molar-refractivity contribution in [1.82, 2.24) is 0 Å². The largest absolute Gasteiger partial charge is 0.478 e. The number of anilines is 2. The number of carboxylic acid groups (broad SMARTS) is 1. The third kappa shape index (κ3) is 3.73. The van der Waals surface area contributed by atoms with E-state index >= 15 is 0 Å². The molecule has 0 amide bonds. The topological polar surface area (TPSA) is 66.6 Å². The fourth-order valence-corrected chi connectivity index (χ4v) is 1.60. The van der Waals surface area contributed by atoms with Gasteiger partial charge in [-0.1, -0.05) is 0 Å². The number of carbonyl (C=O) groups is 1. The van der Waals surface area contributed by atoms with Gasteiger partial charge >= 0.3 is 12.1 Å². The van der Waals surface area contributed by atoms with Crippen LogP contribution in [0.5, 0.6) is 0 Å². The predicted molar refractivity (Wildman–Crippen MR) is 61.7 cm³/mol. The highest BCUT2D eigenvalue weighted by atomic mass is 19.4. The molecule has 106 valence electrons. The number of nitrogens with zero attached hydrogens (tertiary/aromatic N) is 1. The summed E-state index contributed by atoms with van der Waals surface area (Å²) in [6, 6.07) is 1.51. The molecule has 0 unspecified atom stereocenters. The molecule has 0 aliphatic rings. The molecule has 1 aromatic rings. The van der Waals surface area contributed by atoms with Gasteiger partial charge in [-0.15, -0.1) is 0 Å². The molecule has 4 nitrogen and oxygen atoms in total. The minimum absolute atomic E-state index is 0.0461. The zero-order valence-electron chi connectivity index (χ0n) is 9.96. The van der Waals surface area contributed by atoms with E-state index in [-0.39, 0.29) is 17.9 Å². The minimum atomic E-state index is -4.47. The van der Waals surface area contributed by atoms with E-state index in [1.165, 1.54) is 6.92 Å². The number of rotatable bonds is 4. The second-order valence-electron chi connectivity index (χ2n) is 3.83. The summed E-state index contributed by atoms with van der Waals surface area (Å²) >= 11 is 0. The van der Waals surface area contributed by atoms with Crippen molar-refractivity contribution in [3.8, 4) is 0 Å². The van der Waals surface area contributed by atoms with Gasteiger partial charge in [0.25, 0.3) is 0 Å². The van der Waals surface area contributed by atoms with Crippen molar-refractivity contribution in [2.45, 2.75) is 13.1 Å². The molecule has 0 saturated heterocycles. The fourth-order valence-electron chi connectivity index (χ4n) is 1.60. The van der Waals surface area contributed by atoms with Gasteiger partial charge in [-0.05, 0) is 13.0 Å². The van der Waals surface area contributed by atoms with Crippen LogP contribution in [0.3, 0.4) is 0 Å². The van der Waals surface area contributed by atoms with Gasteiger partial charge < -0.3 is 15.7 Å². The summed E-state index contributed by atoms with van der Waals surface area (Å²) in [4.78, 5) is 11.5. The molecule has 19 heavy (non-hydrogen) atoms. The summed E-state index contributed by atoms with van der Waals surface area (Å²) < 4.78 is 50.5. The van der Waals surface area contributed by atoms with Gasteiger partial charge in [0.15, 0.2) is 0 Å². The Balaban J connectivity index is 3.19. The first-order chi connectivity index (χ1) is 8.65. The average molecular weight is 280 g/mol. The monoisotopic (exact) mass is 280 g/mol. The molecule has 1 aromatic carbocycles. The SMILES string of the molecule is CCN(CC(F)(F)F)c1cc(F)c(C(=O)O)cc1N. The smallest absolute Gasteiger partial charge is 0.405 e. The van der Waals surface area contributed by atoms with Crippen LogP contribution in [0.2, 0.25) is 0 Å². The molecule has 0 atom stereocenters. The molecule has 0 heterocycles. The lowest BCUT2D eigenvalue weighted by molar-refractivity contribution is -0.119. The summed E-state index contributed by atoms with van der Waals surface area (Å²) in [5.74, 6) is -2.66. The summed E-state index contributed by atoms with van der Waals surface area (Å²) in [5, 5.41) is 8.67. The van der Waals surface area contributed by atoms with Crippen molar-refractivity contribution in [2.24, 2.45) is 0 Å². The summed E-state index contributed by atoms with van der Waals surface area (Å²) in [7, 11) is 0. The second kappa shape index (κ2) is 5.33. The van der Waals surface area contributed by atoms with E-state index in [4.69, 9.17) is 10.8 Å².